The number of thioether (sulfide) groups is 1. The summed E-state index contributed by atoms with van der Waals surface area (Å²) in [6, 6.07) is 0. The number of nitrogens with zero attached hydrogens (tertiary/aromatic N) is 4. The van der Waals surface area contributed by atoms with E-state index in [0.29, 0.717) is 0 Å². The van der Waals surface area contributed by atoms with E-state index in [1.54, 1.807) is 0 Å². The van der Waals surface area contributed by atoms with Crippen LogP contribution in [0.5, 0.6) is 0 Å². The number of nitrogens with one attached hydrogen (secondary N) is 2. The van der Waals surface area contributed by atoms with Crippen molar-refractivity contribution in [1.82, 2.24) is 30.2 Å². The molecule has 0 spiro atoms. The van der Waals surface area contributed by atoms with Crippen molar-refractivity contribution in [1.29, 1.82) is 0 Å². The molecule has 0 bridgehead atoms. The molecular formula is C26H44N7O19P3S. The Hall–Kier alpha value is -2.97. The van der Waals surface area contributed by atoms with E-state index in [1.165, 1.54) is 13.8 Å². The number of aliphatic hydroxyl groups is 2. The molecule has 0 aromatic carbocycles. The minimum absolute atomic E-state index is 0. The lowest BCUT2D eigenvalue weighted by atomic mass is 9.87. The summed E-state index contributed by atoms with van der Waals surface area (Å²) < 4.78 is 61.9. The van der Waals surface area contributed by atoms with Crippen LogP contribution in [0.2, 0.25) is 0 Å². The number of phosphoric ester groups is 3. The van der Waals surface area contributed by atoms with Crippen LogP contribution in [-0.2, 0) is 55.5 Å². The van der Waals surface area contributed by atoms with Crippen molar-refractivity contribution in [3.63, 3.8) is 0 Å². The number of aliphatic hydroxyl groups excluding tert-OH is 2. The summed E-state index contributed by atoms with van der Waals surface area (Å²) in [5.74, 6) is -2.51. The molecule has 1 fully saturated rings. The Bertz CT molecular complexity index is 1850. The van der Waals surface area contributed by atoms with Gasteiger partial charge in [-0.1, -0.05) is 33.0 Å². The molecule has 30 heteroatoms. The van der Waals surface area contributed by atoms with E-state index in [4.69, 9.17) is 24.6 Å². The van der Waals surface area contributed by atoms with Gasteiger partial charge in [0.1, 0.15) is 36.3 Å². The number of carbonyl (C=O) groups excluding carboxylic acids is 3. The lowest BCUT2D eigenvalue weighted by Gasteiger charge is -2.30. The lowest BCUT2D eigenvalue weighted by molar-refractivity contribution is -0.138. The van der Waals surface area contributed by atoms with E-state index in [9.17, 15) is 62.7 Å². The number of ether oxygens (including phenoxy) is 1. The fourth-order valence-corrected chi connectivity index (χ4v) is 8.08. The summed E-state index contributed by atoms with van der Waals surface area (Å²) >= 11 is 0.849. The van der Waals surface area contributed by atoms with Crippen molar-refractivity contribution in [3.05, 3.63) is 12.7 Å². The van der Waals surface area contributed by atoms with E-state index >= 15 is 0 Å². The van der Waals surface area contributed by atoms with Gasteiger partial charge >= 0.3 is 29.4 Å². The first kappa shape index (κ1) is 49.2. The van der Waals surface area contributed by atoms with Crippen LogP contribution in [0.1, 0.15) is 46.8 Å². The number of carboxylic acid groups (broad SMARTS) is 1. The normalized spacial score (nSPS) is 21.4. The molecule has 1 saturated heterocycles. The zero-order valence-corrected chi connectivity index (χ0v) is 32.3. The average molecular weight is 884 g/mol. The molecule has 7 atom stereocenters. The molecule has 56 heavy (non-hydrogen) atoms. The maximum Gasteiger partial charge on any atom is 0.481 e. The maximum atomic E-state index is 12.6. The zero-order valence-electron chi connectivity index (χ0n) is 28.8. The number of nitrogen functional groups attached to an aromatic ring is 1. The lowest BCUT2D eigenvalue weighted by Crippen LogP contribution is -2.46. The van der Waals surface area contributed by atoms with Gasteiger partial charge in [-0.2, -0.15) is 4.31 Å². The Kier molecular flexibility index (Phi) is 18.1. The van der Waals surface area contributed by atoms with Crippen molar-refractivity contribution in [3.8, 4) is 0 Å². The first-order chi connectivity index (χ1) is 25.4. The highest BCUT2D eigenvalue weighted by atomic mass is 32.2. The molecular weight excluding hydrogens is 839 g/mol. The standard InChI is InChI=1S/C25H40N7O19P3S.CH4/c1-25(2,20(38)23(39)28-6-5-14(33)27-7-8-55-16(36)4-3-15(34)35)10-48-54(45,46)51-53(43,44)47-9-13-19(50-52(40,41)42)18(37)24(49-13)32-12-31-17-21(26)29-11-30-22(17)32;/h11-13,18-20,24,37-38H,3-10H2,1-2H3,(H,27,33)(H,28,39)(H,34,35)(H,43,44)(H,45,46)(H2,26,29,30)(H2,40,41,42);1H4. The van der Waals surface area contributed by atoms with Gasteiger partial charge in [-0.15, -0.1) is 0 Å². The van der Waals surface area contributed by atoms with Gasteiger partial charge in [-0.3, -0.25) is 37.3 Å². The van der Waals surface area contributed by atoms with E-state index in [1.807, 2.05) is 0 Å². The molecule has 3 rings (SSSR count). The summed E-state index contributed by atoms with van der Waals surface area (Å²) in [4.78, 5) is 97.3. The Morgan fingerprint density at radius 1 is 1.02 bits per heavy atom. The van der Waals surface area contributed by atoms with Crippen LogP contribution in [0.3, 0.4) is 0 Å². The number of imidazole rings is 1. The minimum atomic E-state index is -5.59. The van der Waals surface area contributed by atoms with E-state index in [-0.39, 0.29) is 67.6 Å². The number of nitrogens with two attached hydrogens (primary N) is 1. The van der Waals surface area contributed by atoms with E-state index in [0.717, 1.165) is 29.0 Å². The van der Waals surface area contributed by atoms with Gasteiger partial charge in [0, 0.05) is 37.1 Å². The summed E-state index contributed by atoms with van der Waals surface area (Å²) in [6.45, 7) is 0.213. The minimum Gasteiger partial charge on any atom is -0.481 e. The van der Waals surface area contributed by atoms with Crippen LogP contribution < -0.4 is 16.4 Å². The average Bonchev–Trinajstić information content (AvgIpc) is 3.63. The van der Waals surface area contributed by atoms with Crippen LogP contribution in [0, 0.1) is 5.41 Å². The number of rotatable bonds is 22. The third-order valence-electron chi connectivity index (χ3n) is 7.31. The van der Waals surface area contributed by atoms with Crippen LogP contribution in [0.15, 0.2) is 12.7 Å². The van der Waals surface area contributed by atoms with Crippen LogP contribution in [0.4, 0.5) is 5.82 Å². The van der Waals surface area contributed by atoms with E-state index in [2.05, 4.69) is 34.4 Å². The zero-order chi connectivity index (χ0) is 41.4. The Balaban J connectivity index is 0.0000108. The van der Waals surface area contributed by atoms with Gasteiger partial charge in [0.15, 0.2) is 22.8 Å². The second-order valence-electron chi connectivity index (χ2n) is 12.2. The molecule has 2 aromatic rings. The fraction of sp³-hybridized carbons (Fsp3) is 0.654. The van der Waals surface area contributed by atoms with Crippen molar-refractivity contribution in [2.75, 3.05) is 37.8 Å². The summed E-state index contributed by atoms with van der Waals surface area (Å²) in [5, 5.41) is 34.4. The highest BCUT2D eigenvalue weighted by Crippen LogP contribution is 2.61. The van der Waals surface area contributed by atoms with Gasteiger partial charge in [0.25, 0.3) is 0 Å². The van der Waals surface area contributed by atoms with Crippen molar-refractivity contribution >= 4 is 75.1 Å². The van der Waals surface area contributed by atoms with Gasteiger partial charge in [-0.05, 0) is 0 Å². The smallest absolute Gasteiger partial charge is 0.481 e. The number of carbonyl (C=O) groups is 4. The molecule has 3 heterocycles. The first-order valence-electron chi connectivity index (χ1n) is 15.7. The molecule has 0 radical (unpaired) electrons. The number of fused-ring (bicyclic) bond motifs is 1. The molecule has 0 saturated carbocycles. The summed E-state index contributed by atoms with van der Waals surface area (Å²) in [7, 11) is -16.4. The predicted molar refractivity (Wildman–Crippen MR) is 191 cm³/mol. The molecule has 2 amide bonds. The molecule has 1 aliphatic rings. The highest BCUT2D eigenvalue weighted by Gasteiger charge is 2.50. The monoisotopic (exact) mass is 883 g/mol. The SMILES string of the molecule is C.CC(C)(COP(=O)(O)OP(=O)(O)OCC1OC(n2cnc3c(N)ncnc32)C(O)C1OP(=O)(O)O)C(O)C(=O)NCCC(=O)NCCSC(=O)CCC(=O)O. The third-order valence-corrected chi connectivity index (χ3v) is 11.3. The molecule has 26 nitrogen and oxygen atoms in total. The molecule has 2 aromatic heterocycles. The predicted octanol–water partition coefficient (Wildman–Crippen LogP) is -0.834. The number of aliphatic carboxylic acids is 1. The number of anilines is 1. The Morgan fingerprint density at radius 3 is 2.32 bits per heavy atom. The van der Waals surface area contributed by atoms with Gasteiger partial charge in [-0.25, -0.2) is 28.6 Å². The maximum absolute atomic E-state index is 12.6. The Morgan fingerprint density at radius 2 is 1.68 bits per heavy atom. The number of carboxylic acids is 1. The van der Waals surface area contributed by atoms with Crippen molar-refractivity contribution in [2.45, 2.75) is 71.2 Å². The first-order valence-corrected chi connectivity index (χ1v) is 21.2. The van der Waals surface area contributed by atoms with E-state index < -0.39 is 90.5 Å². The topological polar surface area (TPSA) is 401 Å². The second-order valence-corrected chi connectivity index (χ2v) is 17.6. The summed E-state index contributed by atoms with van der Waals surface area (Å²) in [6.07, 6.45) is -7.55. The molecule has 318 valence electrons. The molecule has 1 aliphatic heterocycles. The molecule has 11 N–H and O–H groups in total. The quantitative estimate of drug-likeness (QED) is 0.0509. The van der Waals surface area contributed by atoms with Crippen LogP contribution in [0.25, 0.3) is 11.2 Å². The number of hydrogen-bond acceptors (Lipinski definition) is 19. The summed E-state index contributed by atoms with van der Waals surface area (Å²) in [5.41, 5.74) is 4.20. The van der Waals surface area contributed by atoms with Gasteiger partial charge < -0.3 is 56.0 Å². The van der Waals surface area contributed by atoms with Crippen LogP contribution in [-0.4, -0.2) is 134 Å². The molecule has 7 unspecified atom stereocenters. The largest absolute Gasteiger partial charge is 0.481 e. The van der Waals surface area contributed by atoms with Crippen molar-refractivity contribution < 1.29 is 90.4 Å². The number of phosphoric acid groups is 3. The fourth-order valence-electron chi connectivity index (χ4n) is 4.58. The number of hydrogen-bond donors (Lipinski definition) is 10. The Labute approximate surface area is 322 Å². The van der Waals surface area contributed by atoms with Crippen molar-refractivity contribution in [2.24, 2.45) is 5.41 Å². The van der Waals surface area contributed by atoms with Gasteiger partial charge in [0.05, 0.1) is 26.0 Å². The highest BCUT2D eigenvalue weighted by molar-refractivity contribution is 8.13. The van der Waals surface area contributed by atoms with Gasteiger partial charge in [0.2, 0.25) is 11.8 Å². The third kappa shape index (κ3) is 15.1. The second kappa shape index (κ2) is 20.6. The number of aromatic nitrogens is 4. The van der Waals surface area contributed by atoms with Crippen LogP contribution >= 0.6 is 35.2 Å². The number of amides is 2. The molecule has 0 aliphatic carbocycles.